The average molecular weight is 734 g/mol. The molecule has 0 saturated carbocycles. The Hall–Kier alpha value is -7.14. The van der Waals surface area contributed by atoms with Crippen LogP contribution < -0.4 is 4.90 Å². The van der Waals surface area contributed by atoms with E-state index in [0.717, 1.165) is 83.2 Å². The Balaban J connectivity index is 1.03. The van der Waals surface area contributed by atoms with E-state index in [0.29, 0.717) is 0 Å². The second-order valence-corrected chi connectivity index (χ2v) is 15.4. The Morgan fingerprint density at radius 2 is 0.821 bits per heavy atom. The Bertz CT molecular complexity index is 3320. The predicted molar refractivity (Wildman–Crippen MR) is 237 cm³/mol. The van der Waals surface area contributed by atoms with Gasteiger partial charge in [-0.3, -0.25) is 0 Å². The number of para-hydroxylation sites is 4. The molecule has 0 saturated heterocycles. The van der Waals surface area contributed by atoms with Crippen molar-refractivity contribution >= 4 is 103 Å². The molecule has 12 aromatic rings. The normalized spacial score (nSPS) is 11.9. The Morgan fingerprint density at radius 3 is 1.43 bits per heavy atom. The van der Waals surface area contributed by atoms with Gasteiger partial charge in [0.1, 0.15) is 22.3 Å². The van der Waals surface area contributed by atoms with Gasteiger partial charge in [-0.15, -0.1) is 11.3 Å². The van der Waals surface area contributed by atoms with Gasteiger partial charge in [0.2, 0.25) is 0 Å². The SMILES string of the molecule is c1ccc2c(c1)ccc1c3cccc(N(c4ccc(-c5cccc6c5oc5ccccc56)cc4)c4ccc(-c5cccc6c5oc5ccccc56)cc4)c3sc21. The van der Waals surface area contributed by atoms with Crippen molar-refractivity contribution < 1.29 is 8.83 Å². The van der Waals surface area contributed by atoms with Crippen LogP contribution in [0.3, 0.4) is 0 Å². The summed E-state index contributed by atoms with van der Waals surface area (Å²) in [4.78, 5) is 2.40. The monoisotopic (exact) mass is 733 g/mol. The molecule has 262 valence electrons. The smallest absolute Gasteiger partial charge is 0.143 e. The Morgan fingerprint density at radius 1 is 0.339 bits per heavy atom. The van der Waals surface area contributed by atoms with Crippen molar-refractivity contribution in [2.75, 3.05) is 4.90 Å². The summed E-state index contributed by atoms with van der Waals surface area (Å²) >= 11 is 1.88. The fourth-order valence-corrected chi connectivity index (χ4v) is 9.98. The van der Waals surface area contributed by atoms with E-state index >= 15 is 0 Å². The van der Waals surface area contributed by atoms with E-state index in [2.05, 4.69) is 169 Å². The lowest BCUT2D eigenvalue weighted by atomic mass is 10.0. The van der Waals surface area contributed by atoms with Gasteiger partial charge in [-0.1, -0.05) is 146 Å². The first-order chi connectivity index (χ1) is 27.8. The lowest BCUT2D eigenvalue weighted by Crippen LogP contribution is -2.10. The molecule has 0 fully saturated rings. The molecule has 0 unspecified atom stereocenters. The summed E-state index contributed by atoms with van der Waals surface area (Å²) in [5.41, 5.74) is 11.3. The van der Waals surface area contributed by atoms with Gasteiger partial charge in [-0.2, -0.15) is 0 Å². The lowest BCUT2D eigenvalue weighted by molar-refractivity contribution is 0.669. The lowest BCUT2D eigenvalue weighted by Gasteiger charge is -2.26. The van der Waals surface area contributed by atoms with Crippen molar-refractivity contribution in [1.29, 1.82) is 0 Å². The van der Waals surface area contributed by atoms with Gasteiger partial charge >= 0.3 is 0 Å². The molecule has 0 aliphatic rings. The van der Waals surface area contributed by atoms with E-state index in [1.165, 1.54) is 30.9 Å². The van der Waals surface area contributed by atoms with E-state index in [4.69, 9.17) is 8.83 Å². The maximum Gasteiger partial charge on any atom is 0.143 e. The summed E-state index contributed by atoms with van der Waals surface area (Å²) in [5.74, 6) is 0. The molecule has 3 heterocycles. The fraction of sp³-hybridized carbons (Fsp3) is 0. The molecule has 3 nitrogen and oxygen atoms in total. The zero-order valence-electron chi connectivity index (χ0n) is 30.1. The standard InChI is InChI=1S/C52H31NO2S/c1-2-11-39-32(10-1)26-31-45-44-18-9-19-46(52(44)56-51(39)45)53(35-27-22-33(23-28-35)37-14-7-16-42-40-12-3-5-20-47(40)54-49(37)42)36-29-24-34(25-30-36)38-15-8-17-43-41-13-4-6-21-48(41)55-50(38)43/h1-31H. The van der Waals surface area contributed by atoms with Crippen LogP contribution in [0.15, 0.2) is 197 Å². The fourth-order valence-electron chi connectivity index (χ4n) is 8.64. The number of anilines is 3. The average Bonchev–Trinajstić information content (AvgIpc) is 3.96. The van der Waals surface area contributed by atoms with Crippen molar-refractivity contribution in [2.24, 2.45) is 0 Å². The van der Waals surface area contributed by atoms with Gasteiger partial charge in [0.25, 0.3) is 0 Å². The maximum absolute atomic E-state index is 6.44. The van der Waals surface area contributed by atoms with Crippen LogP contribution in [0.2, 0.25) is 0 Å². The number of furan rings is 2. The van der Waals surface area contributed by atoms with Gasteiger partial charge in [-0.05, 0) is 64.4 Å². The first-order valence-electron chi connectivity index (χ1n) is 18.9. The van der Waals surface area contributed by atoms with Crippen LogP contribution in [0.1, 0.15) is 0 Å². The van der Waals surface area contributed by atoms with Crippen LogP contribution in [0.25, 0.3) is 97.1 Å². The molecule has 0 atom stereocenters. The Kier molecular flexibility index (Phi) is 6.80. The van der Waals surface area contributed by atoms with Crippen molar-refractivity contribution in [3.05, 3.63) is 188 Å². The number of hydrogen-bond acceptors (Lipinski definition) is 4. The highest BCUT2D eigenvalue weighted by atomic mass is 32.1. The van der Waals surface area contributed by atoms with E-state index in [1.807, 2.05) is 35.6 Å². The number of thiophene rings is 1. The van der Waals surface area contributed by atoms with Gasteiger partial charge in [0.05, 0.1) is 10.4 Å². The van der Waals surface area contributed by atoms with Crippen LogP contribution in [0.5, 0.6) is 0 Å². The third-order valence-corrected chi connectivity index (χ3v) is 12.6. The summed E-state index contributed by atoms with van der Waals surface area (Å²) in [6.07, 6.45) is 0. The molecule has 0 radical (unpaired) electrons. The quantitative estimate of drug-likeness (QED) is 0.176. The number of rotatable bonds is 5. The van der Waals surface area contributed by atoms with E-state index in [-0.39, 0.29) is 0 Å². The highest BCUT2D eigenvalue weighted by Crippen LogP contribution is 2.47. The Labute approximate surface area is 325 Å². The molecule has 0 aliphatic heterocycles. The minimum atomic E-state index is 0.905. The highest BCUT2D eigenvalue weighted by molar-refractivity contribution is 7.27. The minimum Gasteiger partial charge on any atom is -0.455 e. The molecule has 0 amide bonds. The topological polar surface area (TPSA) is 29.5 Å². The third-order valence-electron chi connectivity index (χ3n) is 11.3. The molecule has 3 aromatic heterocycles. The summed E-state index contributed by atoms with van der Waals surface area (Å²) in [5, 5.41) is 9.63. The van der Waals surface area contributed by atoms with Gasteiger partial charge in [-0.25, -0.2) is 0 Å². The van der Waals surface area contributed by atoms with Crippen LogP contribution >= 0.6 is 11.3 Å². The first kappa shape index (κ1) is 31.2. The van der Waals surface area contributed by atoms with Crippen LogP contribution in [-0.2, 0) is 0 Å². The number of benzene rings is 9. The second kappa shape index (κ2) is 12.2. The van der Waals surface area contributed by atoms with Crippen molar-refractivity contribution in [3.8, 4) is 22.3 Å². The number of hydrogen-bond donors (Lipinski definition) is 0. The van der Waals surface area contributed by atoms with Gasteiger partial charge in [0.15, 0.2) is 0 Å². The zero-order chi connectivity index (χ0) is 36.7. The summed E-state index contributed by atoms with van der Waals surface area (Å²) < 4.78 is 15.4. The number of nitrogens with zero attached hydrogens (tertiary/aromatic N) is 1. The van der Waals surface area contributed by atoms with E-state index in [1.54, 1.807) is 0 Å². The van der Waals surface area contributed by atoms with Crippen molar-refractivity contribution in [1.82, 2.24) is 0 Å². The van der Waals surface area contributed by atoms with Crippen LogP contribution in [-0.4, -0.2) is 0 Å². The molecule has 12 rings (SSSR count). The number of fused-ring (bicyclic) bond motifs is 11. The molecular formula is C52H31NO2S. The first-order valence-corrected chi connectivity index (χ1v) is 19.7. The molecule has 0 spiro atoms. The molecule has 0 aliphatic carbocycles. The molecule has 4 heteroatoms. The van der Waals surface area contributed by atoms with E-state index in [9.17, 15) is 0 Å². The van der Waals surface area contributed by atoms with Crippen molar-refractivity contribution in [2.45, 2.75) is 0 Å². The summed E-state index contributed by atoms with van der Waals surface area (Å²) in [7, 11) is 0. The van der Waals surface area contributed by atoms with Gasteiger partial charge < -0.3 is 13.7 Å². The van der Waals surface area contributed by atoms with Crippen LogP contribution in [0.4, 0.5) is 17.1 Å². The molecular weight excluding hydrogens is 703 g/mol. The highest BCUT2D eigenvalue weighted by Gasteiger charge is 2.20. The van der Waals surface area contributed by atoms with E-state index < -0.39 is 0 Å². The molecule has 9 aromatic carbocycles. The molecule has 0 bridgehead atoms. The molecule has 0 N–H and O–H groups in total. The third kappa shape index (κ3) is 4.70. The van der Waals surface area contributed by atoms with Gasteiger partial charge in [0, 0.05) is 59.5 Å². The van der Waals surface area contributed by atoms with Crippen LogP contribution in [0, 0.1) is 0 Å². The maximum atomic E-state index is 6.44. The predicted octanol–water partition coefficient (Wildman–Crippen LogP) is 15.8. The summed E-state index contributed by atoms with van der Waals surface area (Å²) in [6, 6.07) is 67.2. The molecule has 56 heavy (non-hydrogen) atoms. The zero-order valence-corrected chi connectivity index (χ0v) is 30.9. The second-order valence-electron chi connectivity index (χ2n) is 14.4. The largest absolute Gasteiger partial charge is 0.455 e. The minimum absolute atomic E-state index is 0.905. The summed E-state index contributed by atoms with van der Waals surface area (Å²) in [6.45, 7) is 0. The van der Waals surface area contributed by atoms with Crippen molar-refractivity contribution in [3.63, 3.8) is 0 Å².